The molecule has 5 heteroatoms. The lowest BCUT2D eigenvalue weighted by Gasteiger charge is -2.19. The van der Waals surface area contributed by atoms with Gasteiger partial charge in [0.15, 0.2) is 0 Å². The molecule has 0 bridgehead atoms. The fraction of sp³-hybridized carbons (Fsp3) is 0.294. The van der Waals surface area contributed by atoms with Crippen molar-refractivity contribution in [1.29, 1.82) is 0 Å². The molecule has 4 nitrogen and oxygen atoms in total. The number of benzene rings is 2. The van der Waals surface area contributed by atoms with Gasteiger partial charge in [-0.3, -0.25) is 0 Å². The lowest BCUT2D eigenvalue weighted by Crippen LogP contribution is -2.26. The molecule has 0 amide bonds. The van der Waals surface area contributed by atoms with Crippen LogP contribution in [-0.2, 0) is 16.6 Å². The van der Waals surface area contributed by atoms with Crippen molar-refractivity contribution in [2.45, 2.75) is 25.3 Å². The molecule has 0 spiro atoms. The zero-order chi connectivity index (χ0) is 16.3. The highest BCUT2D eigenvalue weighted by molar-refractivity contribution is 7.89. The molecule has 0 radical (unpaired) electrons. The van der Waals surface area contributed by atoms with Crippen LogP contribution in [0.2, 0.25) is 0 Å². The molecule has 2 aromatic carbocycles. The lowest BCUT2D eigenvalue weighted by molar-refractivity contribution is 0.398. The van der Waals surface area contributed by atoms with Crippen molar-refractivity contribution in [3.8, 4) is 5.75 Å². The highest BCUT2D eigenvalue weighted by Crippen LogP contribution is 2.23. The fourth-order valence-electron chi connectivity index (χ4n) is 2.21. The summed E-state index contributed by atoms with van der Waals surface area (Å²) in [6.45, 7) is 4.14. The lowest BCUT2D eigenvalue weighted by atomic mass is 10.1. The van der Waals surface area contributed by atoms with Gasteiger partial charge in [-0.25, -0.2) is 8.42 Å². The van der Waals surface area contributed by atoms with Gasteiger partial charge in [0.2, 0.25) is 10.0 Å². The summed E-state index contributed by atoms with van der Waals surface area (Å²) in [6.07, 6.45) is 0. The fourth-order valence-corrected chi connectivity index (χ4v) is 3.45. The molecule has 0 aromatic heterocycles. The van der Waals surface area contributed by atoms with Crippen LogP contribution in [0.3, 0.4) is 0 Å². The summed E-state index contributed by atoms with van der Waals surface area (Å²) in [5.41, 5.74) is 2.87. The monoisotopic (exact) mass is 319 g/mol. The number of sulfonamides is 1. The number of hydrogen-bond donors (Lipinski definition) is 0. The molecule has 0 aliphatic rings. The number of hydrogen-bond acceptors (Lipinski definition) is 3. The summed E-state index contributed by atoms with van der Waals surface area (Å²) in [7, 11) is -0.363. The molecular weight excluding hydrogens is 298 g/mol. The van der Waals surface area contributed by atoms with Gasteiger partial charge in [-0.05, 0) is 43.2 Å². The van der Waals surface area contributed by atoms with E-state index in [0.717, 1.165) is 16.7 Å². The average molecular weight is 319 g/mol. The number of aryl methyl sites for hydroxylation is 2. The SMILES string of the molecule is COc1ccccc1CN(C)S(=O)(=O)c1ccc(C)c(C)c1. The quantitative estimate of drug-likeness (QED) is 0.850. The molecule has 0 saturated heterocycles. The zero-order valence-corrected chi connectivity index (χ0v) is 14.1. The van der Waals surface area contributed by atoms with E-state index >= 15 is 0 Å². The number of nitrogens with zero attached hydrogens (tertiary/aromatic N) is 1. The van der Waals surface area contributed by atoms with E-state index in [-0.39, 0.29) is 6.54 Å². The van der Waals surface area contributed by atoms with Gasteiger partial charge in [-0.2, -0.15) is 4.31 Å². The van der Waals surface area contributed by atoms with Crippen LogP contribution in [0.1, 0.15) is 16.7 Å². The minimum atomic E-state index is -3.52. The van der Waals surface area contributed by atoms with E-state index in [0.29, 0.717) is 10.6 Å². The maximum Gasteiger partial charge on any atom is 0.243 e. The first kappa shape index (κ1) is 16.5. The van der Waals surface area contributed by atoms with Crippen molar-refractivity contribution in [2.24, 2.45) is 0 Å². The highest BCUT2D eigenvalue weighted by Gasteiger charge is 2.22. The first-order valence-electron chi connectivity index (χ1n) is 7.01. The van der Waals surface area contributed by atoms with Crippen molar-refractivity contribution in [3.05, 3.63) is 59.2 Å². The summed E-state index contributed by atoms with van der Waals surface area (Å²) in [5.74, 6) is 0.685. The average Bonchev–Trinajstić information content (AvgIpc) is 2.50. The molecule has 118 valence electrons. The third kappa shape index (κ3) is 3.31. The van der Waals surface area contributed by atoms with Crippen LogP contribution in [0.15, 0.2) is 47.4 Å². The standard InChI is InChI=1S/C17H21NO3S/c1-13-9-10-16(11-14(13)2)22(19,20)18(3)12-15-7-5-6-8-17(15)21-4/h5-11H,12H2,1-4H3. The van der Waals surface area contributed by atoms with Gasteiger partial charge in [0.05, 0.1) is 12.0 Å². The van der Waals surface area contributed by atoms with Crippen LogP contribution in [0, 0.1) is 13.8 Å². The zero-order valence-electron chi connectivity index (χ0n) is 13.3. The van der Waals surface area contributed by atoms with E-state index in [4.69, 9.17) is 4.74 Å². The predicted octanol–water partition coefficient (Wildman–Crippen LogP) is 3.13. The Morgan fingerprint density at radius 2 is 1.73 bits per heavy atom. The van der Waals surface area contributed by atoms with E-state index in [9.17, 15) is 8.42 Å². The number of methoxy groups -OCH3 is 1. The summed E-state index contributed by atoms with van der Waals surface area (Å²) >= 11 is 0. The summed E-state index contributed by atoms with van der Waals surface area (Å²) in [5, 5.41) is 0. The van der Waals surface area contributed by atoms with Gasteiger partial charge in [0.1, 0.15) is 5.75 Å². The maximum atomic E-state index is 12.7. The Kier molecular flexibility index (Phi) is 4.88. The molecule has 0 saturated carbocycles. The summed E-state index contributed by atoms with van der Waals surface area (Å²) < 4.78 is 32.0. The second-order valence-electron chi connectivity index (χ2n) is 5.32. The van der Waals surface area contributed by atoms with Crippen LogP contribution in [-0.4, -0.2) is 26.9 Å². The van der Waals surface area contributed by atoms with Crippen molar-refractivity contribution in [3.63, 3.8) is 0 Å². The van der Waals surface area contributed by atoms with Crippen LogP contribution in [0.25, 0.3) is 0 Å². The van der Waals surface area contributed by atoms with Gasteiger partial charge >= 0.3 is 0 Å². The molecule has 2 aromatic rings. The maximum absolute atomic E-state index is 12.7. The second kappa shape index (κ2) is 6.50. The Labute approximate surface area is 132 Å². The Balaban J connectivity index is 2.31. The number of para-hydroxylation sites is 1. The Morgan fingerprint density at radius 3 is 2.36 bits per heavy atom. The minimum absolute atomic E-state index is 0.263. The van der Waals surface area contributed by atoms with Gasteiger partial charge in [0, 0.05) is 19.2 Å². The van der Waals surface area contributed by atoms with Crippen molar-refractivity contribution >= 4 is 10.0 Å². The smallest absolute Gasteiger partial charge is 0.243 e. The normalized spacial score (nSPS) is 11.7. The third-order valence-electron chi connectivity index (χ3n) is 3.77. The van der Waals surface area contributed by atoms with E-state index in [1.54, 1.807) is 26.3 Å². The van der Waals surface area contributed by atoms with Gasteiger partial charge in [-0.1, -0.05) is 24.3 Å². The summed E-state index contributed by atoms with van der Waals surface area (Å²) in [4.78, 5) is 0.313. The first-order chi connectivity index (χ1) is 10.4. The topological polar surface area (TPSA) is 46.6 Å². The molecule has 0 aliphatic carbocycles. The molecule has 2 rings (SSSR count). The van der Waals surface area contributed by atoms with Gasteiger partial charge in [-0.15, -0.1) is 0 Å². The predicted molar refractivity (Wildman–Crippen MR) is 87.6 cm³/mol. The van der Waals surface area contributed by atoms with E-state index in [2.05, 4.69) is 0 Å². The van der Waals surface area contributed by atoms with Crippen molar-refractivity contribution in [1.82, 2.24) is 4.31 Å². The van der Waals surface area contributed by atoms with Gasteiger partial charge in [0.25, 0.3) is 0 Å². The largest absolute Gasteiger partial charge is 0.496 e. The molecule has 0 heterocycles. The minimum Gasteiger partial charge on any atom is -0.496 e. The number of rotatable bonds is 5. The Morgan fingerprint density at radius 1 is 1.05 bits per heavy atom. The Bertz CT molecular complexity index is 769. The van der Waals surface area contributed by atoms with Crippen LogP contribution in [0.4, 0.5) is 0 Å². The Hall–Kier alpha value is -1.85. The molecular formula is C17H21NO3S. The van der Waals surface area contributed by atoms with E-state index in [1.807, 2.05) is 44.2 Å². The molecule has 0 atom stereocenters. The van der Waals surface area contributed by atoms with Crippen LogP contribution in [0.5, 0.6) is 5.75 Å². The highest BCUT2D eigenvalue weighted by atomic mass is 32.2. The van der Waals surface area contributed by atoms with Crippen LogP contribution >= 0.6 is 0 Å². The summed E-state index contributed by atoms with van der Waals surface area (Å²) in [6, 6.07) is 12.6. The van der Waals surface area contributed by atoms with Crippen molar-refractivity contribution in [2.75, 3.05) is 14.2 Å². The number of ether oxygens (including phenoxy) is 1. The molecule has 0 fully saturated rings. The van der Waals surface area contributed by atoms with E-state index in [1.165, 1.54) is 4.31 Å². The second-order valence-corrected chi connectivity index (χ2v) is 7.36. The first-order valence-corrected chi connectivity index (χ1v) is 8.45. The van der Waals surface area contributed by atoms with Crippen LogP contribution < -0.4 is 4.74 Å². The molecule has 22 heavy (non-hydrogen) atoms. The molecule has 0 unspecified atom stereocenters. The van der Waals surface area contributed by atoms with E-state index < -0.39 is 10.0 Å². The molecule has 0 N–H and O–H groups in total. The third-order valence-corrected chi connectivity index (χ3v) is 5.57. The van der Waals surface area contributed by atoms with Crippen molar-refractivity contribution < 1.29 is 13.2 Å². The van der Waals surface area contributed by atoms with Gasteiger partial charge < -0.3 is 4.74 Å². The molecule has 0 aliphatic heterocycles.